The van der Waals surface area contributed by atoms with Crippen LogP contribution in [-0.4, -0.2) is 16.8 Å². The molecule has 114 valence electrons. The summed E-state index contributed by atoms with van der Waals surface area (Å²) in [6.07, 6.45) is 0.129. The minimum Gasteiger partial charge on any atom is -0.313 e. The molecule has 0 bridgehead atoms. The van der Waals surface area contributed by atoms with Crippen molar-refractivity contribution in [3.05, 3.63) is 53.3 Å². The van der Waals surface area contributed by atoms with Gasteiger partial charge in [-0.05, 0) is 43.7 Å². The van der Waals surface area contributed by atoms with Gasteiger partial charge in [0.2, 0.25) is 0 Å². The van der Waals surface area contributed by atoms with Gasteiger partial charge in [-0.15, -0.1) is 0 Å². The molecule has 6 heteroatoms. The number of hydrogen-bond donors (Lipinski definition) is 1. The predicted molar refractivity (Wildman–Crippen MR) is 74.8 cm³/mol. The van der Waals surface area contributed by atoms with Gasteiger partial charge in [0, 0.05) is 18.8 Å². The molecule has 21 heavy (non-hydrogen) atoms. The lowest BCUT2D eigenvalue weighted by atomic mass is 9.99. The number of likely N-dealkylation sites (N-methyl/N-ethyl adjacent to an activating group) is 1. The highest BCUT2D eigenvalue weighted by molar-refractivity contribution is 5.28. The number of nitrogens with zero attached hydrogens (tertiary/aromatic N) is 2. The Kier molecular flexibility index (Phi) is 4.67. The maximum absolute atomic E-state index is 12.6. The molecule has 1 heterocycles. The smallest absolute Gasteiger partial charge is 0.313 e. The van der Waals surface area contributed by atoms with Gasteiger partial charge in [0.05, 0.1) is 11.8 Å². The molecule has 0 fully saturated rings. The zero-order chi connectivity index (χ0) is 15.5. The van der Waals surface area contributed by atoms with E-state index in [-0.39, 0.29) is 6.04 Å². The molecule has 2 rings (SSSR count). The number of benzene rings is 1. The molecule has 2 aromatic rings. The molecule has 0 aliphatic heterocycles. The van der Waals surface area contributed by atoms with Gasteiger partial charge in [-0.25, -0.2) is 0 Å². The first-order valence-electron chi connectivity index (χ1n) is 6.79. The lowest BCUT2D eigenvalue weighted by molar-refractivity contribution is -0.137. The Morgan fingerprint density at radius 2 is 1.90 bits per heavy atom. The molecule has 0 saturated carbocycles. The van der Waals surface area contributed by atoms with Crippen molar-refractivity contribution in [3.63, 3.8) is 0 Å². The zero-order valence-electron chi connectivity index (χ0n) is 12.0. The fraction of sp³-hybridized carbons (Fsp3) is 0.400. The number of hydrogen-bond acceptors (Lipinski definition) is 2. The third kappa shape index (κ3) is 3.85. The van der Waals surface area contributed by atoms with Gasteiger partial charge >= 0.3 is 6.18 Å². The summed E-state index contributed by atoms with van der Waals surface area (Å²) in [5, 5.41) is 7.34. The minimum atomic E-state index is -4.30. The van der Waals surface area contributed by atoms with Crippen LogP contribution in [0.5, 0.6) is 0 Å². The average molecular weight is 297 g/mol. The van der Waals surface area contributed by atoms with E-state index in [1.165, 1.54) is 12.1 Å². The summed E-state index contributed by atoms with van der Waals surface area (Å²) in [6, 6.07) is 5.24. The van der Waals surface area contributed by atoms with Crippen LogP contribution < -0.4 is 5.32 Å². The summed E-state index contributed by atoms with van der Waals surface area (Å²) >= 11 is 0. The predicted octanol–water partition coefficient (Wildman–Crippen LogP) is 3.43. The first-order chi connectivity index (χ1) is 9.94. The lowest BCUT2D eigenvalue weighted by Gasteiger charge is -2.16. The van der Waals surface area contributed by atoms with E-state index in [1.807, 2.05) is 17.8 Å². The second-order valence-electron chi connectivity index (χ2n) is 4.87. The third-order valence-corrected chi connectivity index (χ3v) is 3.44. The van der Waals surface area contributed by atoms with Crippen LogP contribution in [0.2, 0.25) is 0 Å². The van der Waals surface area contributed by atoms with Gasteiger partial charge in [-0.2, -0.15) is 18.3 Å². The monoisotopic (exact) mass is 297 g/mol. The van der Waals surface area contributed by atoms with Gasteiger partial charge in [0.1, 0.15) is 0 Å². The van der Waals surface area contributed by atoms with E-state index >= 15 is 0 Å². The number of rotatable bonds is 5. The van der Waals surface area contributed by atoms with Gasteiger partial charge in [0.25, 0.3) is 0 Å². The van der Waals surface area contributed by atoms with E-state index in [2.05, 4.69) is 10.4 Å². The topological polar surface area (TPSA) is 29.9 Å². The molecule has 0 saturated heterocycles. The molecular weight excluding hydrogens is 279 g/mol. The molecule has 1 N–H and O–H groups in total. The highest BCUT2D eigenvalue weighted by Crippen LogP contribution is 2.30. The number of aryl methyl sites for hydroxylation is 1. The highest BCUT2D eigenvalue weighted by Gasteiger charge is 2.30. The normalized spacial score (nSPS) is 13.4. The van der Waals surface area contributed by atoms with E-state index in [9.17, 15) is 13.2 Å². The van der Waals surface area contributed by atoms with Crippen molar-refractivity contribution in [2.24, 2.45) is 0 Å². The Bertz CT molecular complexity index is 573. The van der Waals surface area contributed by atoms with Crippen molar-refractivity contribution >= 4 is 0 Å². The van der Waals surface area contributed by atoms with Crippen molar-refractivity contribution < 1.29 is 13.2 Å². The summed E-state index contributed by atoms with van der Waals surface area (Å²) in [6.45, 7) is 2.80. The molecule has 1 aromatic heterocycles. The van der Waals surface area contributed by atoms with Crippen LogP contribution >= 0.6 is 0 Å². The molecule has 3 nitrogen and oxygen atoms in total. The first-order valence-corrected chi connectivity index (χ1v) is 6.79. The van der Waals surface area contributed by atoms with Crippen LogP contribution in [0.1, 0.15) is 29.7 Å². The molecule has 0 radical (unpaired) electrons. The van der Waals surface area contributed by atoms with Crippen LogP contribution in [0.15, 0.2) is 36.7 Å². The number of nitrogens with one attached hydrogen (secondary N) is 1. The maximum atomic E-state index is 12.6. The average Bonchev–Trinajstić information content (AvgIpc) is 2.92. The van der Waals surface area contributed by atoms with Gasteiger partial charge in [0.15, 0.2) is 0 Å². The molecule has 0 spiro atoms. The molecule has 1 atom stereocenters. The van der Waals surface area contributed by atoms with Gasteiger partial charge in [-0.1, -0.05) is 12.1 Å². The summed E-state index contributed by atoms with van der Waals surface area (Å²) < 4.78 is 39.5. The SMILES string of the molecule is CCn1cc(CC(NC)c2ccc(C(F)(F)F)cc2)cn1. The summed E-state index contributed by atoms with van der Waals surface area (Å²) in [5.41, 5.74) is 1.26. The minimum absolute atomic E-state index is 0.0400. The third-order valence-electron chi connectivity index (χ3n) is 3.44. The Morgan fingerprint density at radius 3 is 2.38 bits per heavy atom. The highest BCUT2D eigenvalue weighted by atomic mass is 19.4. The number of halogens is 3. The van der Waals surface area contributed by atoms with E-state index in [0.29, 0.717) is 6.42 Å². The summed E-state index contributed by atoms with van der Waals surface area (Å²) in [4.78, 5) is 0. The van der Waals surface area contributed by atoms with E-state index in [4.69, 9.17) is 0 Å². The van der Waals surface area contributed by atoms with Crippen molar-refractivity contribution in [1.29, 1.82) is 0 Å². The van der Waals surface area contributed by atoms with Crippen LogP contribution in [0.3, 0.4) is 0 Å². The Balaban J connectivity index is 2.13. The van der Waals surface area contributed by atoms with Gasteiger partial charge < -0.3 is 5.32 Å². The van der Waals surface area contributed by atoms with Crippen molar-refractivity contribution in [2.45, 2.75) is 32.1 Å². The fourth-order valence-corrected chi connectivity index (χ4v) is 2.21. The summed E-state index contributed by atoms with van der Waals surface area (Å²) in [7, 11) is 1.80. The standard InChI is InChI=1S/C15H18F3N3/c1-3-21-10-11(9-20-21)8-14(19-2)12-4-6-13(7-5-12)15(16,17)18/h4-7,9-10,14,19H,3,8H2,1-2H3. The molecule has 0 aliphatic rings. The number of alkyl halides is 3. The second kappa shape index (κ2) is 6.30. The Morgan fingerprint density at radius 1 is 1.24 bits per heavy atom. The van der Waals surface area contributed by atoms with Gasteiger partial charge in [-0.3, -0.25) is 4.68 Å². The molecule has 1 aromatic carbocycles. The van der Waals surface area contributed by atoms with E-state index in [0.717, 1.165) is 29.8 Å². The van der Waals surface area contributed by atoms with E-state index < -0.39 is 11.7 Å². The Labute approximate surface area is 121 Å². The largest absolute Gasteiger partial charge is 0.416 e. The van der Waals surface area contributed by atoms with Crippen molar-refractivity contribution in [2.75, 3.05) is 7.05 Å². The molecular formula is C15H18F3N3. The van der Waals surface area contributed by atoms with E-state index in [1.54, 1.807) is 13.2 Å². The number of aromatic nitrogens is 2. The first kappa shape index (κ1) is 15.6. The van der Waals surface area contributed by atoms with Crippen LogP contribution in [-0.2, 0) is 19.1 Å². The van der Waals surface area contributed by atoms with Crippen LogP contribution in [0.25, 0.3) is 0 Å². The van der Waals surface area contributed by atoms with Crippen molar-refractivity contribution in [1.82, 2.24) is 15.1 Å². The second-order valence-corrected chi connectivity index (χ2v) is 4.87. The maximum Gasteiger partial charge on any atom is 0.416 e. The molecule has 0 amide bonds. The summed E-state index contributed by atoms with van der Waals surface area (Å²) in [5.74, 6) is 0. The zero-order valence-corrected chi connectivity index (χ0v) is 12.0. The molecule has 0 aliphatic carbocycles. The van der Waals surface area contributed by atoms with Crippen molar-refractivity contribution in [3.8, 4) is 0 Å². The Hall–Kier alpha value is -1.82. The van der Waals surface area contributed by atoms with Crippen LogP contribution in [0.4, 0.5) is 13.2 Å². The quantitative estimate of drug-likeness (QED) is 0.916. The van der Waals surface area contributed by atoms with Crippen LogP contribution in [0, 0.1) is 0 Å². The molecule has 1 unspecified atom stereocenters. The fourth-order valence-electron chi connectivity index (χ4n) is 2.21. The lowest BCUT2D eigenvalue weighted by Crippen LogP contribution is -2.19.